The largest absolute Gasteiger partial charge is 0.292 e. The van der Waals surface area contributed by atoms with Gasteiger partial charge in [-0.05, 0) is 36.8 Å². The van der Waals surface area contributed by atoms with Crippen LogP contribution in [-0.4, -0.2) is 15.8 Å². The van der Waals surface area contributed by atoms with Crippen molar-refractivity contribution in [2.24, 2.45) is 0 Å². The number of aryl methyl sites for hydroxylation is 1. The lowest BCUT2D eigenvalue weighted by atomic mass is 10.1. The summed E-state index contributed by atoms with van der Waals surface area (Å²) in [6.07, 6.45) is 1.54. The Morgan fingerprint density at radius 2 is 2.17 bits per heavy atom. The van der Waals surface area contributed by atoms with Gasteiger partial charge in [0, 0.05) is 17.6 Å². The molecule has 2 rings (SSSR count). The van der Waals surface area contributed by atoms with Crippen LogP contribution in [0.4, 0.5) is 4.39 Å². The van der Waals surface area contributed by atoms with Crippen molar-refractivity contribution in [3.8, 4) is 0 Å². The van der Waals surface area contributed by atoms with Crippen LogP contribution in [0.2, 0.25) is 5.02 Å². The SMILES string of the molecule is Cc1nccc(C(=O)Cc2cc(F)ccc2Cl)n1. The Bertz CT molecular complexity index is 601. The molecule has 0 N–H and O–H groups in total. The fourth-order valence-corrected chi connectivity index (χ4v) is 1.74. The zero-order valence-electron chi connectivity index (χ0n) is 9.65. The van der Waals surface area contributed by atoms with Gasteiger partial charge in [-0.1, -0.05) is 11.6 Å². The molecule has 0 spiro atoms. The molecule has 0 aliphatic heterocycles. The Morgan fingerprint density at radius 3 is 2.89 bits per heavy atom. The average Bonchev–Trinajstić information content (AvgIpc) is 2.34. The maximum Gasteiger partial charge on any atom is 0.185 e. The summed E-state index contributed by atoms with van der Waals surface area (Å²) in [6.45, 7) is 1.70. The molecule has 0 aliphatic carbocycles. The van der Waals surface area contributed by atoms with E-state index in [0.717, 1.165) is 0 Å². The first-order valence-electron chi connectivity index (χ1n) is 5.33. The minimum atomic E-state index is -0.416. The van der Waals surface area contributed by atoms with Crippen LogP contribution in [0.5, 0.6) is 0 Å². The molecule has 0 unspecified atom stereocenters. The first-order chi connectivity index (χ1) is 8.56. The zero-order chi connectivity index (χ0) is 13.1. The van der Waals surface area contributed by atoms with Gasteiger partial charge in [0.1, 0.15) is 17.3 Å². The van der Waals surface area contributed by atoms with Crippen molar-refractivity contribution in [1.82, 2.24) is 9.97 Å². The number of nitrogens with zero attached hydrogens (tertiary/aromatic N) is 2. The number of Topliss-reactive ketones (excluding diaryl/α,β-unsaturated/α-hetero) is 1. The molecule has 0 bridgehead atoms. The van der Waals surface area contributed by atoms with Crippen LogP contribution in [0.15, 0.2) is 30.5 Å². The third-order valence-electron chi connectivity index (χ3n) is 2.42. The van der Waals surface area contributed by atoms with E-state index in [4.69, 9.17) is 11.6 Å². The van der Waals surface area contributed by atoms with Gasteiger partial charge in [0.2, 0.25) is 0 Å². The zero-order valence-corrected chi connectivity index (χ0v) is 10.4. The molecule has 18 heavy (non-hydrogen) atoms. The lowest BCUT2D eigenvalue weighted by Gasteiger charge is -2.04. The minimum Gasteiger partial charge on any atom is -0.292 e. The van der Waals surface area contributed by atoms with Crippen molar-refractivity contribution >= 4 is 17.4 Å². The van der Waals surface area contributed by atoms with E-state index in [1.165, 1.54) is 30.5 Å². The van der Waals surface area contributed by atoms with Gasteiger partial charge < -0.3 is 0 Å². The van der Waals surface area contributed by atoms with Crippen molar-refractivity contribution in [1.29, 1.82) is 0 Å². The maximum atomic E-state index is 13.1. The molecular weight excluding hydrogens is 255 g/mol. The number of benzene rings is 1. The van der Waals surface area contributed by atoms with Crippen LogP contribution < -0.4 is 0 Å². The second-order valence-electron chi connectivity index (χ2n) is 3.82. The molecule has 0 atom stereocenters. The minimum absolute atomic E-state index is 0.0209. The highest BCUT2D eigenvalue weighted by Crippen LogP contribution is 2.18. The Morgan fingerprint density at radius 1 is 1.39 bits per heavy atom. The molecular formula is C13H10ClFN2O. The first-order valence-corrected chi connectivity index (χ1v) is 5.71. The summed E-state index contributed by atoms with van der Waals surface area (Å²) in [5.74, 6) is -0.111. The van der Waals surface area contributed by atoms with E-state index in [1.807, 2.05) is 0 Å². The normalized spacial score (nSPS) is 10.4. The highest BCUT2D eigenvalue weighted by molar-refractivity contribution is 6.31. The fourth-order valence-electron chi connectivity index (χ4n) is 1.55. The number of halogens is 2. The quantitative estimate of drug-likeness (QED) is 0.801. The molecule has 1 aromatic heterocycles. The second-order valence-corrected chi connectivity index (χ2v) is 4.23. The summed E-state index contributed by atoms with van der Waals surface area (Å²) in [7, 11) is 0. The van der Waals surface area contributed by atoms with Crippen molar-refractivity contribution in [3.63, 3.8) is 0 Å². The summed E-state index contributed by atoms with van der Waals surface area (Å²) in [4.78, 5) is 19.9. The summed E-state index contributed by atoms with van der Waals surface area (Å²) in [5.41, 5.74) is 0.765. The molecule has 5 heteroatoms. The third-order valence-corrected chi connectivity index (χ3v) is 2.79. The van der Waals surface area contributed by atoms with Gasteiger partial charge in [-0.25, -0.2) is 14.4 Å². The van der Waals surface area contributed by atoms with E-state index in [2.05, 4.69) is 9.97 Å². The number of hydrogen-bond donors (Lipinski definition) is 0. The average molecular weight is 265 g/mol. The summed E-state index contributed by atoms with van der Waals surface area (Å²) in [5, 5.41) is 0.371. The Kier molecular flexibility index (Phi) is 3.67. The number of hydrogen-bond acceptors (Lipinski definition) is 3. The van der Waals surface area contributed by atoms with E-state index < -0.39 is 5.82 Å². The molecule has 0 saturated carbocycles. The summed E-state index contributed by atoms with van der Waals surface area (Å²) >= 11 is 5.91. The van der Waals surface area contributed by atoms with Crippen molar-refractivity contribution in [3.05, 3.63) is 58.4 Å². The molecule has 0 fully saturated rings. The smallest absolute Gasteiger partial charge is 0.185 e. The standard InChI is InChI=1S/C13H10ClFN2O/c1-8-16-5-4-12(17-8)13(18)7-9-6-10(15)2-3-11(9)14/h2-6H,7H2,1H3. The van der Waals surface area contributed by atoms with E-state index in [-0.39, 0.29) is 12.2 Å². The number of carbonyl (C=O) groups excluding carboxylic acids is 1. The number of aromatic nitrogens is 2. The molecule has 92 valence electrons. The lowest BCUT2D eigenvalue weighted by molar-refractivity contribution is 0.0988. The van der Waals surface area contributed by atoms with Crippen LogP contribution >= 0.6 is 11.6 Å². The number of rotatable bonds is 3. The molecule has 0 saturated heterocycles. The second kappa shape index (κ2) is 5.23. The molecule has 3 nitrogen and oxygen atoms in total. The predicted molar refractivity (Wildman–Crippen MR) is 66.2 cm³/mol. The van der Waals surface area contributed by atoms with E-state index in [0.29, 0.717) is 22.1 Å². The van der Waals surface area contributed by atoms with Crippen LogP contribution in [0, 0.1) is 12.7 Å². The van der Waals surface area contributed by atoms with Gasteiger partial charge >= 0.3 is 0 Å². The first kappa shape index (κ1) is 12.6. The van der Waals surface area contributed by atoms with Gasteiger partial charge in [-0.15, -0.1) is 0 Å². The topological polar surface area (TPSA) is 42.9 Å². The van der Waals surface area contributed by atoms with Crippen molar-refractivity contribution in [2.45, 2.75) is 13.3 Å². The lowest BCUT2D eigenvalue weighted by Crippen LogP contribution is -2.08. The molecule has 0 radical (unpaired) electrons. The molecule has 0 aliphatic rings. The molecule has 2 aromatic rings. The van der Waals surface area contributed by atoms with Gasteiger partial charge in [0.25, 0.3) is 0 Å². The van der Waals surface area contributed by atoms with Gasteiger partial charge in [-0.2, -0.15) is 0 Å². The summed E-state index contributed by atoms with van der Waals surface area (Å²) in [6, 6.07) is 5.48. The molecule has 0 amide bonds. The summed E-state index contributed by atoms with van der Waals surface area (Å²) < 4.78 is 13.1. The highest BCUT2D eigenvalue weighted by atomic mass is 35.5. The Labute approximate surface area is 109 Å². The van der Waals surface area contributed by atoms with E-state index in [1.54, 1.807) is 6.92 Å². The van der Waals surface area contributed by atoms with Gasteiger partial charge in [0.05, 0.1) is 0 Å². The number of carbonyl (C=O) groups is 1. The maximum absolute atomic E-state index is 13.1. The predicted octanol–water partition coefficient (Wildman–Crippen LogP) is 3.00. The number of ketones is 1. The van der Waals surface area contributed by atoms with E-state index in [9.17, 15) is 9.18 Å². The van der Waals surface area contributed by atoms with Crippen LogP contribution in [0.3, 0.4) is 0 Å². The Hall–Kier alpha value is -1.81. The van der Waals surface area contributed by atoms with Gasteiger partial charge in [-0.3, -0.25) is 4.79 Å². The van der Waals surface area contributed by atoms with Crippen LogP contribution in [-0.2, 0) is 6.42 Å². The van der Waals surface area contributed by atoms with Gasteiger partial charge in [0.15, 0.2) is 5.78 Å². The van der Waals surface area contributed by atoms with Crippen molar-refractivity contribution < 1.29 is 9.18 Å². The fraction of sp³-hybridized carbons (Fsp3) is 0.154. The van der Waals surface area contributed by atoms with Crippen molar-refractivity contribution in [2.75, 3.05) is 0 Å². The Balaban J connectivity index is 2.24. The monoisotopic (exact) mass is 264 g/mol. The molecule has 1 aromatic carbocycles. The van der Waals surface area contributed by atoms with Crippen LogP contribution in [0.1, 0.15) is 21.9 Å². The third kappa shape index (κ3) is 2.90. The molecule has 1 heterocycles. The highest BCUT2D eigenvalue weighted by Gasteiger charge is 2.12. The van der Waals surface area contributed by atoms with E-state index >= 15 is 0 Å². The van der Waals surface area contributed by atoms with Crippen LogP contribution in [0.25, 0.3) is 0 Å².